The number of piperidine rings is 1. The van der Waals surface area contributed by atoms with Crippen LogP contribution in [0.4, 0.5) is 39.4 Å². The van der Waals surface area contributed by atoms with E-state index in [0.29, 0.717) is 95.0 Å². The van der Waals surface area contributed by atoms with E-state index in [1.165, 1.54) is 16.0 Å². The molecule has 0 spiro atoms. The lowest BCUT2D eigenvalue weighted by atomic mass is 10.0. The molecule has 0 aliphatic carbocycles. The van der Waals surface area contributed by atoms with Crippen LogP contribution < -0.4 is 25.2 Å². The number of piperazine rings is 1. The Morgan fingerprint density at radius 1 is 0.950 bits per heavy atom. The first-order valence-corrected chi connectivity index (χ1v) is 20.3. The Morgan fingerprint density at radius 2 is 1.72 bits per heavy atom. The number of hydrogen-bond donors (Lipinski definition) is 2. The summed E-state index contributed by atoms with van der Waals surface area (Å²) < 4.78 is 66.6. The Hall–Kier alpha value is -5.56. The molecule has 1 unspecified atom stereocenters. The highest BCUT2D eigenvalue weighted by Crippen LogP contribution is 2.36. The summed E-state index contributed by atoms with van der Waals surface area (Å²) in [6.07, 6.45) is -1.34. The SMILES string of the molecule is Cc1ncc(NC(=O)N2CC[C@@H](CC(F)(F)F)C2)cc1-c1cnc(OCCN2CCN(c3ccc4c(c3F)CN(C3CCC(=O)NC3=O)C4=O)CC2)c(N2CCOCC2)c1. The van der Waals surface area contributed by atoms with Crippen LogP contribution in [0.5, 0.6) is 5.88 Å². The van der Waals surface area contributed by atoms with Gasteiger partial charge in [-0.05, 0) is 49.9 Å². The normalized spacial score (nSPS) is 21.4. The van der Waals surface area contributed by atoms with Gasteiger partial charge in [-0.3, -0.25) is 29.6 Å². The second-order valence-electron chi connectivity index (χ2n) is 15.9. The molecule has 19 heteroatoms. The second-order valence-corrected chi connectivity index (χ2v) is 15.9. The molecule has 4 fully saturated rings. The summed E-state index contributed by atoms with van der Waals surface area (Å²) in [6, 6.07) is 5.73. The topological polar surface area (TPSA) is 153 Å². The smallest absolute Gasteiger partial charge is 0.389 e. The minimum atomic E-state index is -4.27. The van der Waals surface area contributed by atoms with Gasteiger partial charge in [0.15, 0.2) is 5.82 Å². The first-order valence-electron chi connectivity index (χ1n) is 20.3. The number of alkyl halides is 3. The van der Waals surface area contributed by atoms with E-state index in [-0.39, 0.29) is 49.5 Å². The third-order valence-electron chi connectivity index (χ3n) is 11.9. The van der Waals surface area contributed by atoms with Crippen LogP contribution in [0.3, 0.4) is 0 Å². The largest absolute Gasteiger partial charge is 0.475 e. The number of benzene rings is 1. The third-order valence-corrected chi connectivity index (χ3v) is 11.9. The molecule has 2 N–H and O–H groups in total. The molecule has 1 aromatic carbocycles. The number of rotatable bonds is 10. The van der Waals surface area contributed by atoms with E-state index in [4.69, 9.17) is 14.5 Å². The van der Waals surface area contributed by atoms with Crippen molar-refractivity contribution in [3.8, 4) is 17.0 Å². The molecular weight excluding hydrogens is 790 g/mol. The summed E-state index contributed by atoms with van der Waals surface area (Å²) in [5.41, 5.74) is 4.28. The van der Waals surface area contributed by atoms with Gasteiger partial charge in [0, 0.05) is 106 Å². The lowest BCUT2D eigenvalue weighted by Gasteiger charge is -2.36. The number of morpholine rings is 1. The Kier molecular flexibility index (Phi) is 11.8. The Labute approximate surface area is 344 Å². The summed E-state index contributed by atoms with van der Waals surface area (Å²) in [7, 11) is 0. The number of carbonyl (C=O) groups is 4. The second kappa shape index (κ2) is 17.2. The van der Waals surface area contributed by atoms with Crippen LogP contribution in [0.1, 0.15) is 47.3 Å². The van der Waals surface area contributed by atoms with E-state index < -0.39 is 48.2 Å². The molecule has 2 atom stereocenters. The third kappa shape index (κ3) is 8.96. The van der Waals surface area contributed by atoms with Crippen molar-refractivity contribution in [1.29, 1.82) is 0 Å². The first kappa shape index (κ1) is 41.2. The lowest BCUT2D eigenvalue weighted by molar-refractivity contribution is -0.143. The fourth-order valence-corrected chi connectivity index (χ4v) is 8.66. The molecule has 5 aliphatic heterocycles. The summed E-state index contributed by atoms with van der Waals surface area (Å²) >= 11 is 0. The molecule has 15 nitrogen and oxygen atoms in total. The number of nitrogens with zero attached hydrogens (tertiary/aromatic N) is 7. The summed E-state index contributed by atoms with van der Waals surface area (Å²) in [4.78, 5) is 68.5. The summed E-state index contributed by atoms with van der Waals surface area (Å²) in [6.45, 7) is 7.78. The minimum Gasteiger partial charge on any atom is -0.475 e. The van der Waals surface area contributed by atoms with Crippen LogP contribution in [0.15, 0.2) is 36.7 Å². The minimum absolute atomic E-state index is 0.0293. The molecule has 60 heavy (non-hydrogen) atoms. The fourth-order valence-electron chi connectivity index (χ4n) is 8.66. The predicted octanol–water partition coefficient (Wildman–Crippen LogP) is 4.20. The Balaban J connectivity index is 0.882. The van der Waals surface area contributed by atoms with Crippen molar-refractivity contribution >= 4 is 40.8 Å². The number of urea groups is 1. The van der Waals surface area contributed by atoms with Crippen LogP contribution in [0.2, 0.25) is 0 Å². The van der Waals surface area contributed by atoms with Gasteiger partial charge in [-0.1, -0.05) is 0 Å². The fraction of sp³-hybridized carbons (Fsp3) is 0.512. The van der Waals surface area contributed by atoms with Gasteiger partial charge in [-0.15, -0.1) is 0 Å². The van der Waals surface area contributed by atoms with Gasteiger partial charge >= 0.3 is 12.2 Å². The van der Waals surface area contributed by atoms with Crippen LogP contribution in [-0.4, -0.2) is 139 Å². The van der Waals surface area contributed by atoms with Crippen molar-refractivity contribution in [2.45, 2.75) is 51.4 Å². The lowest BCUT2D eigenvalue weighted by Crippen LogP contribution is -2.52. The van der Waals surface area contributed by atoms with Gasteiger partial charge in [-0.2, -0.15) is 13.2 Å². The molecule has 5 amide bonds. The molecule has 320 valence electrons. The highest BCUT2D eigenvalue weighted by Gasteiger charge is 2.41. The van der Waals surface area contributed by atoms with E-state index in [1.54, 1.807) is 24.4 Å². The number of imide groups is 1. The number of pyridine rings is 2. The number of hydrogen-bond acceptors (Lipinski definition) is 11. The van der Waals surface area contributed by atoms with Gasteiger partial charge < -0.3 is 34.4 Å². The molecule has 0 radical (unpaired) electrons. The van der Waals surface area contributed by atoms with Crippen molar-refractivity contribution in [1.82, 2.24) is 30.0 Å². The van der Waals surface area contributed by atoms with Crippen molar-refractivity contribution in [3.05, 3.63) is 59.3 Å². The first-order chi connectivity index (χ1) is 28.8. The van der Waals surface area contributed by atoms with E-state index in [0.717, 1.165) is 16.8 Å². The number of ether oxygens (including phenoxy) is 2. The van der Waals surface area contributed by atoms with Gasteiger partial charge in [0.25, 0.3) is 5.91 Å². The predicted molar refractivity (Wildman–Crippen MR) is 211 cm³/mol. The number of halogens is 4. The van der Waals surface area contributed by atoms with Crippen LogP contribution in [-0.2, 0) is 20.9 Å². The zero-order valence-electron chi connectivity index (χ0n) is 33.2. The Bertz CT molecular complexity index is 2140. The summed E-state index contributed by atoms with van der Waals surface area (Å²) in [5, 5.41) is 5.08. The number of fused-ring (bicyclic) bond motifs is 1. The molecule has 7 heterocycles. The number of amides is 5. The van der Waals surface area contributed by atoms with E-state index in [2.05, 4.69) is 25.4 Å². The number of likely N-dealkylation sites (tertiary alicyclic amines) is 1. The standard InChI is InChI=1S/C41H47F4N9O6/c1-25-30(19-28(22-46-25)48-40(58)53-7-6-26(23-53)20-41(43,44)45)27-18-34(52-13-15-59-16-14-52)38(47-21-27)60-17-12-50-8-10-51(11-9-50)32-3-2-29-31(36(32)42)24-54(39(29)57)33-4-5-35(55)49-37(33)56/h2-3,18-19,21-22,26,33H,4-17,20,23-24H2,1H3,(H,48,58)(H,49,55,56)/t26-,33?/m0/s1. The van der Waals surface area contributed by atoms with Crippen molar-refractivity contribution in [3.63, 3.8) is 0 Å². The van der Waals surface area contributed by atoms with Crippen molar-refractivity contribution in [2.75, 3.05) is 93.8 Å². The number of nitrogens with one attached hydrogen (secondary N) is 2. The van der Waals surface area contributed by atoms with Gasteiger partial charge in [0.05, 0.1) is 37.3 Å². The zero-order valence-corrected chi connectivity index (χ0v) is 33.2. The Morgan fingerprint density at radius 3 is 2.47 bits per heavy atom. The number of carbonyl (C=O) groups excluding carboxylic acids is 4. The molecule has 5 aliphatic rings. The van der Waals surface area contributed by atoms with Crippen LogP contribution in [0, 0.1) is 18.7 Å². The monoisotopic (exact) mass is 837 g/mol. The molecular formula is C41H47F4N9O6. The highest BCUT2D eigenvalue weighted by atomic mass is 19.4. The zero-order chi connectivity index (χ0) is 42.1. The molecule has 3 aromatic rings. The maximum Gasteiger partial charge on any atom is 0.389 e. The summed E-state index contributed by atoms with van der Waals surface area (Å²) in [5.74, 6) is -1.96. The average Bonchev–Trinajstić information content (AvgIpc) is 3.83. The molecule has 0 bridgehead atoms. The molecule has 8 rings (SSSR count). The van der Waals surface area contributed by atoms with Crippen LogP contribution in [0.25, 0.3) is 11.1 Å². The molecule has 0 saturated carbocycles. The van der Waals surface area contributed by atoms with Gasteiger partial charge in [0.2, 0.25) is 17.7 Å². The van der Waals surface area contributed by atoms with E-state index in [1.807, 2.05) is 17.9 Å². The number of aromatic nitrogens is 2. The van der Waals surface area contributed by atoms with Crippen LogP contribution >= 0.6 is 0 Å². The van der Waals surface area contributed by atoms with Crippen molar-refractivity contribution in [2.24, 2.45) is 5.92 Å². The highest BCUT2D eigenvalue weighted by molar-refractivity contribution is 6.05. The molecule has 2 aromatic heterocycles. The maximum atomic E-state index is 16.0. The average molecular weight is 838 g/mol. The van der Waals surface area contributed by atoms with E-state index >= 15 is 4.39 Å². The van der Waals surface area contributed by atoms with Gasteiger partial charge in [-0.25, -0.2) is 14.2 Å². The quantitative estimate of drug-likeness (QED) is 0.223. The molecule has 4 saturated heterocycles. The van der Waals surface area contributed by atoms with Gasteiger partial charge in [0.1, 0.15) is 18.3 Å². The number of anilines is 3. The van der Waals surface area contributed by atoms with Crippen molar-refractivity contribution < 1.29 is 46.2 Å². The number of aryl methyl sites for hydroxylation is 1. The maximum absolute atomic E-state index is 16.0. The van der Waals surface area contributed by atoms with E-state index in [9.17, 15) is 32.3 Å².